The first-order chi connectivity index (χ1) is 16.2. The zero-order valence-corrected chi connectivity index (χ0v) is 22.2. The summed E-state index contributed by atoms with van der Waals surface area (Å²) in [7, 11) is 1.94. The van der Waals surface area contributed by atoms with Crippen LogP contribution in [0, 0.1) is 0 Å². The number of benzene rings is 1. The van der Waals surface area contributed by atoms with E-state index in [1.807, 2.05) is 7.05 Å². The minimum atomic E-state index is -1.36. The van der Waals surface area contributed by atoms with Gasteiger partial charge in [0.05, 0.1) is 19.6 Å². The fraction of sp³-hybridized carbons (Fsp3) is 0.750. The summed E-state index contributed by atoms with van der Waals surface area (Å²) in [6.45, 7) is 6.68. The number of carboxylic acids is 1. The number of carbonyl (C=O) groups is 1. The van der Waals surface area contributed by atoms with Crippen LogP contribution in [0.4, 0.5) is 0 Å². The predicted octanol–water partition coefficient (Wildman–Crippen LogP) is 5.35. The smallest absolute Gasteiger partial charge is 0.189 e. The molecule has 34 heavy (non-hydrogen) atoms. The number of carboxylic acid groups (broad SMARTS) is 1. The predicted molar refractivity (Wildman–Crippen MR) is 137 cm³/mol. The molecule has 2 atom stereocenters. The molecular formula is C28H51NO5. The Bertz CT molecular complexity index is 625. The molecule has 0 radical (unpaired) electrons. The van der Waals surface area contributed by atoms with Gasteiger partial charge in [-0.05, 0) is 25.0 Å². The van der Waals surface area contributed by atoms with Crippen molar-refractivity contribution in [3.8, 4) is 5.75 Å². The summed E-state index contributed by atoms with van der Waals surface area (Å²) < 4.78 is 0.345. The Labute approximate surface area is 208 Å². The summed E-state index contributed by atoms with van der Waals surface area (Å²) in [6.07, 6.45) is 18.0. The second-order valence-electron chi connectivity index (χ2n) is 9.73. The van der Waals surface area contributed by atoms with Crippen molar-refractivity contribution >= 4 is 5.97 Å². The Morgan fingerprint density at radius 3 is 1.50 bits per heavy atom. The second kappa shape index (κ2) is 19.7. The van der Waals surface area contributed by atoms with Gasteiger partial charge in [0.1, 0.15) is 5.75 Å². The summed E-state index contributed by atoms with van der Waals surface area (Å²) in [5.74, 6) is -1.62. The Hall–Kier alpha value is -1.63. The van der Waals surface area contributed by atoms with Crippen LogP contribution in [0.25, 0.3) is 0 Å². The van der Waals surface area contributed by atoms with Crippen LogP contribution in [0.15, 0.2) is 24.3 Å². The lowest BCUT2D eigenvalue weighted by atomic mass is 10.0. The van der Waals surface area contributed by atoms with Crippen molar-refractivity contribution in [3.63, 3.8) is 0 Å². The number of para-hydroxylation sites is 1. The molecule has 0 spiro atoms. The van der Waals surface area contributed by atoms with Gasteiger partial charge < -0.3 is 25.2 Å². The molecule has 6 heteroatoms. The fourth-order valence-corrected chi connectivity index (χ4v) is 3.98. The lowest BCUT2D eigenvalue weighted by Crippen LogP contribution is -2.57. The van der Waals surface area contributed by atoms with E-state index in [1.165, 1.54) is 102 Å². The average molecular weight is 482 g/mol. The van der Waals surface area contributed by atoms with E-state index in [2.05, 4.69) is 6.92 Å². The van der Waals surface area contributed by atoms with Gasteiger partial charge in [-0.15, -0.1) is 0 Å². The summed E-state index contributed by atoms with van der Waals surface area (Å²) in [4.78, 5) is 10.2. The molecule has 0 saturated heterocycles. The molecule has 1 aromatic carbocycles. The summed E-state index contributed by atoms with van der Waals surface area (Å²) >= 11 is 0. The quantitative estimate of drug-likeness (QED) is 0.149. The van der Waals surface area contributed by atoms with E-state index in [0.717, 1.165) is 13.0 Å². The van der Waals surface area contributed by atoms with E-state index >= 15 is 0 Å². The molecule has 0 heterocycles. The maximum atomic E-state index is 10.2. The Morgan fingerprint density at radius 1 is 0.794 bits per heavy atom. The molecule has 3 N–H and O–H groups in total. The van der Waals surface area contributed by atoms with Crippen molar-refractivity contribution in [1.82, 2.24) is 0 Å². The molecule has 0 fully saturated rings. The lowest BCUT2D eigenvalue weighted by Gasteiger charge is -2.39. The SMILES string of the molecule is CCCCCCCCCCCCCCCC[N+](C)(C(C)O)C(C)O.O=C([O-])c1ccccc1O. The summed E-state index contributed by atoms with van der Waals surface area (Å²) in [5.41, 5.74) is -0.178. The number of hydrogen-bond acceptors (Lipinski definition) is 5. The number of aromatic carboxylic acids is 1. The second-order valence-corrected chi connectivity index (χ2v) is 9.73. The monoisotopic (exact) mass is 481 g/mol. The molecule has 0 amide bonds. The molecule has 0 aliphatic rings. The number of carbonyl (C=O) groups excluding carboxylic acids is 1. The van der Waals surface area contributed by atoms with Crippen molar-refractivity contribution in [1.29, 1.82) is 0 Å². The molecule has 198 valence electrons. The summed E-state index contributed by atoms with van der Waals surface area (Å²) in [6, 6.07) is 5.64. The number of aliphatic hydroxyl groups excluding tert-OH is 2. The molecule has 0 saturated carbocycles. The molecule has 1 aromatic rings. The first-order valence-electron chi connectivity index (χ1n) is 13.4. The van der Waals surface area contributed by atoms with Gasteiger partial charge in [0.15, 0.2) is 12.5 Å². The molecule has 6 nitrogen and oxygen atoms in total. The highest BCUT2D eigenvalue weighted by Gasteiger charge is 2.31. The number of aromatic hydroxyl groups is 1. The normalized spacial score (nSPS) is 14.5. The van der Waals surface area contributed by atoms with Crippen molar-refractivity contribution in [2.45, 2.75) is 123 Å². The van der Waals surface area contributed by atoms with E-state index in [0.29, 0.717) is 4.48 Å². The van der Waals surface area contributed by atoms with Crippen molar-refractivity contribution in [2.24, 2.45) is 0 Å². The van der Waals surface area contributed by atoms with Gasteiger partial charge in [0.25, 0.3) is 0 Å². The van der Waals surface area contributed by atoms with Crippen LogP contribution in [0.5, 0.6) is 5.75 Å². The zero-order valence-electron chi connectivity index (χ0n) is 22.2. The molecular weight excluding hydrogens is 430 g/mol. The minimum Gasteiger partial charge on any atom is -0.545 e. The van der Waals surface area contributed by atoms with Gasteiger partial charge in [-0.3, -0.25) is 4.48 Å². The van der Waals surface area contributed by atoms with Crippen molar-refractivity contribution in [3.05, 3.63) is 29.8 Å². The van der Waals surface area contributed by atoms with E-state index in [4.69, 9.17) is 5.11 Å². The van der Waals surface area contributed by atoms with Crippen LogP contribution in [0.1, 0.15) is 121 Å². The number of quaternary nitrogens is 1. The van der Waals surface area contributed by atoms with Gasteiger partial charge in [0, 0.05) is 19.4 Å². The van der Waals surface area contributed by atoms with Gasteiger partial charge >= 0.3 is 0 Å². The van der Waals surface area contributed by atoms with E-state index in [9.17, 15) is 20.1 Å². The average Bonchev–Trinajstić information content (AvgIpc) is 2.79. The number of unbranched alkanes of at least 4 members (excludes halogenated alkanes) is 13. The molecule has 0 aliphatic heterocycles. The third-order valence-corrected chi connectivity index (χ3v) is 6.82. The Balaban J connectivity index is 0.000000896. The molecule has 0 aliphatic carbocycles. The van der Waals surface area contributed by atoms with Crippen LogP contribution in [0.3, 0.4) is 0 Å². The maximum absolute atomic E-state index is 10.2. The van der Waals surface area contributed by atoms with Crippen molar-refractivity contribution < 1.29 is 29.7 Å². The van der Waals surface area contributed by atoms with E-state index < -0.39 is 18.4 Å². The number of aliphatic hydroxyl groups is 2. The standard InChI is InChI=1S/C21H46NO2.C7H6O3/c1-5-6-7-8-9-10-11-12-13-14-15-16-17-18-19-22(4,20(2)23)21(3)24;8-6-4-2-1-3-5(6)7(9)10/h20-21,23-24H,5-19H2,1-4H3;1-4,8H,(H,9,10)/q+1;/p-1. The van der Waals surface area contributed by atoms with Gasteiger partial charge in [0.2, 0.25) is 0 Å². The topological polar surface area (TPSA) is 101 Å². The zero-order chi connectivity index (χ0) is 25.8. The minimum absolute atomic E-state index is 0.178. The van der Waals surface area contributed by atoms with E-state index in [-0.39, 0.29) is 11.3 Å². The highest BCUT2D eigenvalue weighted by molar-refractivity contribution is 5.88. The molecule has 1 rings (SSSR count). The van der Waals surface area contributed by atoms with Crippen LogP contribution < -0.4 is 5.11 Å². The third kappa shape index (κ3) is 14.6. The van der Waals surface area contributed by atoms with Gasteiger partial charge in [-0.1, -0.05) is 96.1 Å². The number of hydrogen-bond donors (Lipinski definition) is 3. The van der Waals surface area contributed by atoms with Crippen LogP contribution in [-0.4, -0.2) is 51.8 Å². The van der Waals surface area contributed by atoms with Crippen LogP contribution in [-0.2, 0) is 0 Å². The van der Waals surface area contributed by atoms with Crippen molar-refractivity contribution in [2.75, 3.05) is 13.6 Å². The Kier molecular flexibility index (Phi) is 18.7. The molecule has 0 aromatic heterocycles. The Morgan fingerprint density at radius 2 is 1.18 bits per heavy atom. The number of rotatable bonds is 18. The molecule has 0 bridgehead atoms. The largest absolute Gasteiger partial charge is 0.545 e. The lowest BCUT2D eigenvalue weighted by molar-refractivity contribution is -0.990. The fourth-order valence-electron chi connectivity index (χ4n) is 3.98. The van der Waals surface area contributed by atoms with Crippen LogP contribution in [0.2, 0.25) is 0 Å². The first-order valence-corrected chi connectivity index (χ1v) is 13.4. The first kappa shape index (κ1) is 32.4. The molecule has 2 unspecified atom stereocenters. The highest BCUT2D eigenvalue weighted by Crippen LogP contribution is 2.17. The summed E-state index contributed by atoms with van der Waals surface area (Å²) in [5, 5.41) is 38.7. The van der Waals surface area contributed by atoms with Crippen LogP contribution >= 0.6 is 0 Å². The highest BCUT2D eigenvalue weighted by atomic mass is 16.4. The number of phenols is 1. The number of nitrogens with zero attached hydrogens (tertiary/aromatic N) is 1. The van der Waals surface area contributed by atoms with E-state index in [1.54, 1.807) is 19.9 Å². The third-order valence-electron chi connectivity index (χ3n) is 6.82. The van der Waals surface area contributed by atoms with Gasteiger partial charge in [-0.25, -0.2) is 0 Å². The maximum Gasteiger partial charge on any atom is 0.189 e. The van der Waals surface area contributed by atoms with Gasteiger partial charge in [-0.2, -0.15) is 0 Å².